The summed E-state index contributed by atoms with van der Waals surface area (Å²) in [7, 11) is 0. The minimum atomic E-state index is -0.0965. The van der Waals surface area contributed by atoms with E-state index in [1.807, 2.05) is 17.5 Å². The molecule has 0 saturated heterocycles. The molecule has 16 heavy (non-hydrogen) atoms. The van der Waals surface area contributed by atoms with Crippen molar-refractivity contribution in [1.29, 1.82) is 0 Å². The second-order valence-electron chi connectivity index (χ2n) is 4.30. The number of carbonyl (C=O) groups excluding carboxylic acids is 1. The molecule has 1 fully saturated rings. The lowest BCUT2D eigenvalue weighted by Gasteiger charge is -2.18. The lowest BCUT2D eigenvalue weighted by molar-refractivity contribution is 0.0958. The molecule has 86 valence electrons. The zero-order valence-electron chi connectivity index (χ0n) is 9.40. The maximum absolute atomic E-state index is 11.6. The van der Waals surface area contributed by atoms with Crippen LogP contribution in [0.15, 0.2) is 22.6 Å². The Morgan fingerprint density at radius 3 is 3.19 bits per heavy atom. The standard InChI is InChI=1S/C12H16N2OS/c1-9-4-2-5-10(8-9)13-14-12(15)11-6-3-7-16-11/h3,6-7,9H,2,4-5,8H2,1H3,(H,14,15)/b13-10+. The van der Waals surface area contributed by atoms with E-state index >= 15 is 0 Å². The molecular formula is C12H16N2OS. The number of hydrazone groups is 1. The molecule has 2 rings (SSSR count). The first-order valence-corrected chi connectivity index (χ1v) is 6.53. The van der Waals surface area contributed by atoms with Crippen molar-refractivity contribution in [3.8, 4) is 0 Å². The number of hydrogen-bond acceptors (Lipinski definition) is 3. The Bertz CT molecular complexity index is 384. The molecule has 0 aliphatic heterocycles. The van der Waals surface area contributed by atoms with Gasteiger partial charge in [0.2, 0.25) is 0 Å². The zero-order chi connectivity index (χ0) is 11.4. The van der Waals surface area contributed by atoms with Crippen LogP contribution in [-0.4, -0.2) is 11.6 Å². The van der Waals surface area contributed by atoms with E-state index in [1.54, 1.807) is 0 Å². The fraction of sp³-hybridized carbons (Fsp3) is 0.500. The molecule has 0 bridgehead atoms. The van der Waals surface area contributed by atoms with E-state index in [0.717, 1.165) is 18.6 Å². The van der Waals surface area contributed by atoms with E-state index < -0.39 is 0 Å². The molecule has 1 heterocycles. The van der Waals surface area contributed by atoms with Gasteiger partial charge in [-0.15, -0.1) is 11.3 Å². The van der Waals surface area contributed by atoms with Gasteiger partial charge in [-0.1, -0.05) is 13.0 Å². The topological polar surface area (TPSA) is 41.5 Å². The monoisotopic (exact) mass is 236 g/mol. The van der Waals surface area contributed by atoms with Gasteiger partial charge in [-0.3, -0.25) is 4.79 Å². The predicted octanol–water partition coefficient (Wildman–Crippen LogP) is 3.04. The zero-order valence-corrected chi connectivity index (χ0v) is 10.2. The SMILES string of the molecule is CC1CCC/C(=N\NC(=O)c2cccs2)C1. The Hall–Kier alpha value is -1.16. The van der Waals surface area contributed by atoms with Crippen molar-refractivity contribution in [1.82, 2.24) is 5.43 Å². The highest BCUT2D eigenvalue weighted by atomic mass is 32.1. The number of thiophene rings is 1. The van der Waals surface area contributed by atoms with E-state index in [2.05, 4.69) is 17.5 Å². The van der Waals surface area contributed by atoms with Crippen LogP contribution in [-0.2, 0) is 0 Å². The minimum Gasteiger partial charge on any atom is -0.266 e. The summed E-state index contributed by atoms with van der Waals surface area (Å²) in [5, 5.41) is 6.11. The molecule has 4 heteroatoms. The fourth-order valence-corrected chi connectivity index (χ4v) is 2.57. The van der Waals surface area contributed by atoms with Gasteiger partial charge < -0.3 is 0 Å². The van der Waals surface area contributed by atoms with Gasteiger partial charge in [-0.2, -0.15) is 5.10 Å². The van der Waals surface area contributed by atoms with Gasteiger partial charge >= 0.3 is 0 Å². The largest absolute Gasteiger partial charge is 0.281 e. The average molecular weight is 236 g/mol. The van der Waals surface area contributed by atoms with Crippen molar-refractivity contribution in [2.75, 3.05) is 0 Å². The summed E-state index contributed by atoms with van der Waals surface area (Å²) in [5.74, 6) is 0.604. The van der Waals surface area contributed by atoms with Gasteiger partial charge in [0.15, 0.2) is 0 Å². The molecule has 3 nitrogen and oxygen atoms in total. The van der Waals surface area contributed by atoms with Gasteiger partial charge in [0.25, 0.3) is 5.91 Å². The summed E-state index contributed by atoms with van der Waals surface area (Å²) in [5.41, 5.74) is 3.76. The molecule has 1 aliphatic carbocycles. The van der Waals surface area contributed by atoms with Crippen molar-refractivity contribution >= 4 is 23.0 Å². The maximum Gasteiger partial charge on any atom is 0.281 e. The summed E-state index contributed by atoms with van der Waals surface area (Å²) in [6, 6.07) is 3.68. The molecule has 1 aromatic rings. The average Bonchev–Trinajstić information content (AvgIpc) is 2.79. The third kappa shape index (κ3) is 2.92. The molecule has 1 N–H and O–H groups in total. The van der Waals surface area contributed by atoms with Crippen LogP contribution in [0.25, 0.3) is 0 Å². The first kappa shape index (κ1) is 11.3. The van der Waals surface area contributed by atoms with Crippen LogP contribution in [0.1, 0.15) is 42.3 Å². The molecule has 0 aromatic carbocycles. The van der Waals surface area contributed by atoms with Gasteiger partial charge in [-0.25, -0.2) is 5.43 Å². The van der Waals surface area contributed by atoms with Crippen molar-refractivity contribution in [3.63, 3.8) is 0 Å². The summed E-state index contributed by atoms with van der Waals surface area (Å²) in [6.07, 6.45) is 4.51. The first-order chi connectivity index (χ1) is 7.75. The van der Waals surface area contributed by atoms with E-state index in [0.29, 0.717) is 10.8 Å². The van der Waals surface area contributed by atoms with Crippen molar-refractivity contribution in [3.05, 3.63) is 22.4 Å². The van der Waals surface area contributed by atoms with Crippen LogP contribution < -0.4 is 5.43 Å². The molecule has 1 unspecified atom stereocenters. The van der Waals surface area contributed by atoms with E-state index in [9.17, 15) is 4.79 Å². The highest BCUT2D eigenvalue weighted by Gasteiger charge is 2.14. The van der Waals surface area contributed by atoms with E-state index in [-0.39, 0.29) is 5.91 Å². The van der Waals surface area contributed by atoms with Gasteiger partial charge in [0, 0.05) is 5.71 Å². The van der Waals surface area contributed by atoms with Gasteiger partial charge in [-0.05, 0) is 43.0 Å². The Morgan fingerprint density at radius 2 is 2.50 bits per heavy atom. The summed E-state index contributed by atoms with van der Waals surface area (Å²) >= 11 is 1.44. The van der Waals surface area contributed by atoms with E-state index in [4.69, 9.17) is 0 Å². The summed E-state index contributed by atoms with van der Waals surface area (Å²) in [6.45, 7) is 2.23. The normalized spacial score (nSPS) is 23.3. The first-order valence-electron chi connectivity index (χ1n) is 5.65. The number of nitrogens with one attached hydrogen (secondary N) is 1. The third-order valence-electron chi connectivity index (χ3n) is 2.81. The van der Waals surface area contributed by atoms with Crippen molar-refractivity contribution in [2.24, 2.45) is 11.0 Å². The molecule has 1 amide bonds. The lowest BCUT2D eigenvalue weighted by Crippen LogP contribution is -2.21. The molecule has 0 radical (unpaired) electrons. The quantitative estimate of drug-likeness (QED) is 0.788. The van der Waals surface area contributed by atoms with Crippen LogP contribution in [0.4, 0.5) is 0 Å². The molecule has 0 spiro atoms. The van der Waals surface area contributed by atoms with Gasteiger partial charge in [0.1, 0.15) is 0 Å². The van der Waals surface area contributed by atoms with Crippen LogP contribution in [0.5, 0.6) is 0 Å². The maximum atomic E-state index is 11.6. The van der Waals surface area contributed by atoms with Crippen LogP contribution in [0.2, 0.25) is 0 Å². The number of nitrogens with zero attached hydrogens (tertiary/aromatic N) is 1. The summed E-state index contributed by atoms with van der Waals surface area (Å²) in [4.78, 5) is 12.3. The minimum absolute atomic E-state index is 0.0965. The van der Waals surface area contributed by atoms with Crippen LogP contribution in [0.3, 0.4) is 0 Å². The van der Waals surface area contributed by atoms with Crippen LogP contribution >= 0.6 is 11.3 Å². The van der Waals surface area contributed by atoms with Crippen LogP contribution in [0, 0.1) is 5.92 Å². The highest BCUT2D eigenvalue weighted by Crippen LogP contribution is 2.21. The molecule has 1 aromatic heterocycles. The van der Waals surface area contributed by atoms with E-state index in [1.165, 1.54) is 24.2 Å². The molecular weight excluding hydrogens is 220 g/mol. The number of rotatable bonds is 2. The summed E-state index contributed by atoms with van der Waals surface area (Å²) < 4.78 is 0. The highest BCUT2D eigenvalue weighted by molar-refractivity contribution is 7.12. The fourth-order valence-electron chi connectivity index (χ4n) is 1.96. The third-order valence-corrected chi connectivity index (χ3v) is 3.68. The Morgan fingerprint density at radius 1 is 1.62 bits per heavy atom. The number of hydrogen-bond donors (Lipinski definition) is 1. The Balaban J connectivity index is 1.91. The molecule has 1 aliphatic rings. The second-order valence-corrected chi connectivity index (χ2v) is 5.25. The Labute approximate surface area is 99.6 Å². The van der Waals surface area contributed by atoms with Gasteiger partial charge in [0.05, 0.1) is 4.88 Å². The molecule has 1 atom stereocenters. The number of carbonyl (C=O) groups is 1. The smallest absolute Gasteiger partial charge is 0.266 e. The number of amides is 1. The lowest BCUT2D eigenvalue weighted by atomic mass is 9.89. The van der Waals surface area contributed by atoms with Crippen molar-refractivity contribution in [2.45, 2.75) is 32.6 Å². The predicted molar refractivity (Wildman–Crippen MR) is 66.9 cm³/mol. The second kappa shape index (κ2) is 5.25. The van der Waals surface area contributed by atoms with Crippen molar-refractivity contribution < 1.29 is 4.79 Å². The molecule has 1 saturated carbocycles. The Kier molecular flexibility index (Phi) is 3.72.